The normalized spacial score (nSPS) is 13.4. The quantitative estimate of drug-likeness (QED) is 0.806. The van der Waals surface area contributed by atoms with E-state index in [1.165, 1.54) is 5.56 Å². The van der Waals surface area contributed by atoms with E-state index < -0.39 is 0 Å². The number of halogens is 1. The molecule has 128 valence electrons. The van der Waals surface area contributed by atoms with Crippen LogP contribution in [0, 0.1) is 20.8 Å². The summed E-state index contributed by atoms with van der Waals surface area (Å²) in [4.78, 5) is 12.5. The molecule has 0 aliphatic carbocycles. The van der Waals surface area contributed by atoms with Crippen molar-refractivity contribution in [3.63, 3.8) is 0 Å². The van der Waals surface area contributed by atoms with E-state index in [9.17, 15) is 4.79 Å². The third-order valence-corrected chi connectivity index (χ3v) is 4.40. The lowest BCUT2D eigenvalue weighted by atomic mass is 10.0. The second-order valence-electron chi connectivity index (χ2n) is 6.43. The smallest absolute Gasteiger partial charge is 0.241 e. The Morgan fingerprint density at radius 1 is 1.04 bits per heavy atom. The molecule has 0 aromatic heterocycles. The predicted octanol–water partition coefficient (Wildman–Crippen LogP) is 4.94. The van der Waals surface area contributed by atoms with Gasteiger partial charge in [0.25, 0.3) is 0 Å². The molecule has 3 nitrogen and oxygen atoms in total. The molecule has 0 radical (unpaired) electrons. The summed E-state index contributed by atoms with van der Waals surface area (Å²) in [5.41, 5.74) is 5.31. The molecule has 0 saturated carbocycles. The minimum absolute atomic E-state index is 0.0321. The van der Waals surface area contributed by atoms with Crippen LogP contribution in [0.1, 0.15) is 42.1 Å². The first-order valence-corrected chi connectivity index (χ1v) is 8.56. The molecule has 2 atom stereocenters. The predicted molar refractivity (Wildman–Crippen MR) is 102 cm³/mol. The zero-order chi connectivity index (χ0) is 17.9. The second kappa shape index (κ2) is 7.82. The van der Waals surface area contributed by atoms with Crippen LogP contribution in [-0.2, 0) is 4.79 Å². The van der Waals surface area contributed by atoms with Gasteiger partial charge in [0, 0.05) is 16.8 Å². The lowest BCUT2D eigenvalue weighted by Crippen LogP contribution is -2.39. The summed E-state index contributed by atoms with van der Waals surface area (Å²) < 4.78 is 0. The maximum Gasteiger partial charge on any atom is 0.241 e. The summed E-state index contributed by atoms with van der Waals surface area (Å²) >= 11 is 6.04. The average Bonchev–Trinajstić information content (AvgIpc) is 2.50. The van der Waals surface area contributed by atoms with Gasteiger partial charge >= 0.3 is 0 Å². The first kappa shape index (κ1) is 18.5. The van der Waals surface area contributed by atoms with Crippen LogP contribution in [0.25, 0.3) is 0 Å². The van der Waals surface area contributed by atoms with E-state index in [-0.39, 0.29) is 18.0 Å². The van der Waals surface area contributed by atoms with E-state index in [1.807, 2.05) is 52.0 Å². The van der Waals surface area contributed by atoms with Crippen LogP contribution in [0.4, 0.5) is 5.69 Å². The number of amides is 1. The zero-order valence-electron chi connectivity index (χ0n) is 14.9. The third kappa shape index (κ3) is 4.59. The standard InChI is InChI=1S/C20H25ClN2O/c1-12-9-13(2)19(14(3)10-12)23-20(24)16(5)22-15(4)17-7-6-8-18(21)11-17/h6-11,15-16,22H,1-5H3,(H,23,24)/t15-,16+/m1/s1. The number of nitrogens with one attached hydrogen (secondary N) is 2. The average molecular weight is 345 g/mol. The Morgan fingerprint density at radius 3 is 2.25 bits per heavy atom. The summed E-state index contributed by atoms with van der Waals surface area (Å²) in [6.45, 7) is 9.99. The molecule has 24 heavy (non-hydrogen) atoms. The number of hydrogen-bond donors (Lipinski definition) is 2. The Hall–Kier alpha value is -1.84. The van der Waals surface area contributed by atoms with Gasteiger partial charge in [-0.15, -0.1) is 0 Å². The monoisotopic (exact) mass is 344 g/mol. The van der Waals surface area contributed by atoms with Crippen molar-refractivity contribution >= 4 is 23.2 Å². The lowest BCUT2D eigenvalue weighted by Gasteiger charge is -2.21. The number of benzene rings is 2. The molecular formula is C20H25ClN2O. The van der Waals surface area contributed by atoms with Gasteiger partial charge in [-0.25, -0.2) is 0 Å². The third-order valence-electron chi connectivity index (χ3n) is 4.17. The van der Waals surface area contributed by atoms with E-state index >= 15 is 0 Å². The van der Waals surface area contributed by atoms with Crippen molar-refractivity contribution in [1.82, 2.24) is 5.32 Å². The van der Waals surface area contributed by atoms with Crippen molar-refractivity contribution in [2.75, 3.05) is 5.32 Å². The fraction of sp³-hybridized carbons (Fsp3) is 0.350. The van der Waals surface area contributed by atoms with E-state index in [1.54, 1.807) is 0 Å². The first-order chi connectivity index (χ1) is 11.3. The highest BCUT2D eigenvalue weighted by Crippen LogP contribution is 2.22. The van der Waals surface area contributed by atoms with Crippen LogP contribution in [-0.4, -0.2) is 11.9 Å². The SMILES string of the molecule is Cc1cc(C)c(NC(=O)[C@H](C)N[C@H](C)c2cccc(Cl)c2)c(C)c1. The van der Waals surface area contributed by atoms with Gasteiger partial charge in [-0.3, -0.25) is 10.1 Å². The second-order valence-corrected chi connectivity index (χ2v) is 6.86. The maximum absolute atomic E-state index is 12.5. The molecule has 0 fully saturated rings. The van der Waals surface area contributed by atoms with Crippen LogP contribution in [0.2, 0.25) is 5.02 Å². The zero-order valence-corrected chi connectivity index (χ0v) is 15.7. The molecule has 0 saturated heterocycles. The van der Waals surface area contributed by atoms with Crippen LogP contribution in [0.5, 0.6) is 0 Å². The van der Waals surface area contributed by atoms with Gasteiger partial charge in [-0.1, -0.05) is 41.4 Å². The van der Waals surface area contributed by atoms with Crippen LogP contribution < -0.4 is 10.6 Å². The summed E-state index contributed by atoms with van der Waals surface area (Å²) in [6.07, 6.45) is 0. The van der Waals surface area contributed by atoms with Gasteiger partial charge < -0.3 is 5.32 Å². The highest BCUT2D eigenvalue weighted by Gasteiger charge is 2.18. The first-order valence-electron chi connectivity index (χ1n) is 8.18. The molecule has 0 aliphatic heterocycles. The van der Waals surface area contributed by atoms with Crippen LogP contribution in [0.3, 0.4) is 0 Å². The van der Waals surface area contributed by atoms with Crippen molar-refractivity contribution < 1.29 is 4.79 Å². The Balaban J connectivity index is 2.05. The fourth-order valence-corrected chi connectivity index (χ4v) is 3.13. The highest BCUT2D eigenvalue weighted by atomic mass is 35.5. The summed E-state index contributed by atoms with van der Waals surface area (Å²) in [6, 6.07) is 11.5. The largest absolute Gasteiger partial charge is 0.324 e. The van der Waals surface area contributed by atoms with Gasteiger partial charge in [0.15, 0.2) is 0 Å². The fourth-order valence-electron chi connectivity index (χ4n) is 2.93. The van der Waals surface area contributed by atoms with E-state index in [0.29, 0.717) is 5.02 Å². The minimum atomic E-state index is -0.320. The van der Waals surface area contributed by atoms with E-state index in [0.717, 1.165) is 22.4 Å². The Bertz CT molecular complexity index is 719. The molecule has 0 heterocycles. The van der Waals surface area contributed by atoms with Gasteiger partial charge in [-0.2, -0.15) is 0 Å². The molecule has 2 aromatic rings. The van der Waals surface area contributed by atoms with E-state index in [4.69, 9.17) is 11.6 Å². The Labute approximate surface area is 149 Å². The van der Waals surface area contributed by atoms with Gasteiger partial charge in [-0.05, 0) is 63.4 Å². The molecule has 0 spiro atoms. The van der Waals surface area contributed by atoms with Gasteiger partial charge in [0.2, 0.25) is 5.91 Å². The number of anilines is 1. The molecule has 0 aliphatic rings. The Kier molecular flexibility index (Phi) is 6.03. The molecule has 0 bridgehead atoms. The van der Waals surface area contributed by atoms with Crippen molar-refractivity contribution in [2.45, 2.75) is 46.7 Å². The Morgan fingerprint density at radius 2 is 1.67 bits per heavy atom. The van der Waals surface area contributed by atoms with Crippen LogP contribution >= 0.6 is 11.6 Å². The van der Waals surface area contributed by atoms with Crippen molar-refractivity contribution in [3.8, 4) is 0 Å². The van der Waals surface area contributed by atoms with Gasteiger partial charge in [0.1, 0.15) is 0 Å². The number of rotatable bonds is 5. The van der Waals surface area contributed by atoms with E-state index in [2.05, 4.69) is 29.7 Å². The molecule has 0 unspecified atom stereocenters. The molecule has 4 heteroatoms. The summed E-state index contributed by atoms with van der Waals surface area (Å²) in [5.74, 6) is -0.0427. The molecule has 2 rings (SSSR count). The van der Waals surface area contributed by atoms with Crippen LogP contribution in [0.15, 0.2) is 36.4 Å². The number of carbonyl (C=O) groups is 1. The van der Waals surface area contributed by atoms with Crippen molar-refractivity contribution in [3.05, 3.63) is 63.7 Å². The molecule has 2 N–H and O–H groups in total. The number of carbonyl (C=O) groups excluding carboxylic acids is 1. The number of hydrogen-bond acceptors (Lipinski definition) is 2. The number of aryl methyl sites for hydroxylation is 3. The van der Waals surface area contributed by atoms with Crippen molar-refractivity contribution in [1.29, 1.82) is 0 Å². The molecular weight excluding hydrogens is 320 g/mol. The summed E-state index contributed by atoms with van der Waals surface area (Å²) in [7, 11) is 0. The highest BCUT2D eigenvalue weighted by molar-refractivity contribution is 6.30. The molecule has 2 aromatic carbocycles. The topological polar surface area (TPSA) is 41.1 Å². The minimum Gasteiger partial charge on any atom is -0.324 e. The van der Waals surface area contributed by atoms with Crippen molar-refractivity contribution in [2.24, 2.45) is 0 Å². The molecule has 1 amide bonds. The maximum atomic E-state index is 12.5. The van der Waals surface area contributed by atoms with Gasteiger partial charge in [0.05, 0.1) is 6.04 Å². The summed E-state index contributed by atoms with van der Waals surface area (Å²) in [5, 5.41) is 7.07. The lowest BCUT2D eigenvalue weighted by molar-refractivity contribution is -0.117.